The number of rotatable bonds is 24. The molecule has 0 aromatic carbocycles. The van der Waals surface area contributed by atoms with Crippen LogP contribution in [0.15, 0.2) is 12.2 Å². The molecule has 0 aromatic rings. The van der Waals surface area contributed by atoms with Crippen molar-refractivity contribution in [2.75, 3.05) is 13.7 Å². The van der Waals surface area contributed by atoms with E-state index in [2.05, 4.69) is 18.2 Å². The number of unbranched alkanes of at least 4 members (excludes halogenated alkanes) is 19. The summed E-state index contributed by atoms with van der Waals surface area (Å²) in [4.78, 5) is 22.8. The molecule has 0 aliphatic rings. The number of ether oxygens (including phenoxy) is 2. The van der Waals surface area contributed by atoms with E-state index in [0.29, 0.717) is 6.61 Å². The number of hydrogen-bond donors (Lipinski definition) is 0. The Balaban J connectivity index is 3.20. The molecule has 4 heteroatoms. The Bertz CT molecular complexity index is 458. The number of esters is 2. The van der Waals surface area contributed by atoms with Gasteiger partial charge in [-0.25, -0.2) is 4.79 Å². The van der Waals surface area contributed by atoms with E-state index in [0.717, 1.165) is 12.8 Å². The Morgan fingerprint density at radius 2 is 0.938 bits per heavy atom. The maximum absolute atomic E-state index is 11.7. The van der Waals surface area contributed by atoms with Gasteiger partial charge < -0.3 is 9.47 Å². The van der Waals surface area contributed by atoms with Crippen molar-refractivity contribution in [2.45, 2.75) is 142 Å². The van der Waals surface area contributed by atoms with Crippen molar-refractivity contribution >= 4 is 11.9 Å². The van der Waals surface area contributed by atoms with Crippen LogP contribution in [0.1, 0.15) is 142 Å². The van der Waals surface area contributed by atoms with Crippen LogP contribution in [0.4, 0.5) is 0 Å². The summed E-state index contributed by atoms with van der Waals surface area (Å²) >= 11 is 0. The van der Waals surface area contributed by atoms with Gasteiger partial charge >= 0.3 is 11.9 Å². The van der Waals surface area contributed by atoms with Gasteiger partial charge in [0, 0.05) is 5.57 Å². The fourth-order valence-corrected chi connectivity index (χ4v) is 3.94. The van der Waals surface area contributed by atoms with Crippen molar-refractivity contribution in [3.05, 3.63) is 12.2 Å². The fourth-order valence-electron chi connectivity index (χ4n) is 3.94. The van der Waals surface area contributed by atoms with Crippen molar-refractivity contribution in [3.63, 3.8) is 0 Å². The van der Waals surface area contributed by atoms with Gasteiger partial charge in [-0.05, 0) is 6.42 Å². The molecule has 0 bridgehead atoms. The van der Waals surface area contributed by atoms with Crippen LogP contribution < -0.4 is 0 Å². The zero-order valence-corrected chi connectivity index (χ0v) is 21.4. The van der Waals surface area contributed by atoms with Crippen molar-refractivity contribution in [1.82, 2.24) is 0 Å². The van der Waals surface area contributed by atoms with Gasteiger partial charge in [-0.3, -0.25) is 4.79 Å². The third kappa shape index (κ3) is 21.9. The van der Waals surface area contributed by atoms with Crippen LogP contribution in [-0.2, 0) is 19.1 Å². The lowest BCUT2D eigenvalue weighted by Crippen LogP contribution is -2.12. The van der Waals surface area contributed by atoms with Gasteiger partial charge in [0.05, 0.1) is 20.1 Å². The van der Waals surface area contributed by atoms with Gasteiger partial charge in [0.2, 0.25) is 0 Å². The number of hydrogen-bond acceptors (Lipinski definition) is 4. The van der Waals surface area contributed by atoms with Crippen molar-refractivity contribution in [2.24, 2.45) is 0 Å². The predicted molar refractivity (Wildman–Crippen MR) is 135 cm³/mol. The first-order valence-corrected chi connectivity index (χ1v) is 13.5. The molecule has 0 heterocycles. The van der Waals surface area contributed by atoms with E-state index in [1.165, 1.54) is 123 Å². The first-order chi connectivity index (χ1) is 15.6. The molecule has 0 unspecified atom stereocenters. The van der Waals surface area contributed by atoms with E-state index in [4.69, 9.17) is 4.74 Å². The van der Waals surface area contributed by atoms with Crippen LogP contribution in [-0.4, -0.2) is 25.7 Å². The maximum atomic E-state index is 11.7. The van der Waals surface area contributed by atoms with Crippen LogP contribution in [0.25, 0.3) is 0 Å². The minimum Gasteiger partial charge on any atom is -0.469 e. The lowest BCUT2D eigenvalue weighted by molar-refractivity contribution is -0.144. The molecule has 0 N–H and O–H groups in total. The molecule has 0 saturated carbocycles. The summed E-state index contributed by atoms with van der Waals surface area (Å²) in [6.07, 6.45) is 26.8. The van der Waals surface area contributed by atoms with Gasteiger partial charge in [-0.2, -0.15) is 0 Å². The molecular weight excluding hydrogens is 400 g/mol. The van der Waals surface area contributed by atoms with Crippen LogP contribution in [0.2, 0.25) is 0 Å². The van der Waals surface area contributed by atoms with Gasteiger partial charge in [-0.1, -0.05) is 135 Å². The van der Waals surface area contributed by atoms with E-state index in [9.17, 15) is 9.59 Å². The predicted octanol–water partition coefficient (Wildman–Crippen LogP) is 8.47. The second-order valence-electron chi connectivity index (χ2n) is 9.21. The summed E-state index contributed by atoms with van der Waals surface area (Å²) in [7, 11) is 1.29. The van der Waals surface area contributed by atoms with Crippen LogP contribution in [0, 0.1) is 0 Å². The van der Waals surface area contributed by atoms with Crippen LogP contribution in [0.3, 0.4) is 0 Å². The van der Waals surface area contributed by atoms with E-state index in [1.54, 1.807) is 0 Å². The molecule has 0 aliphatic heterocycles. The number of carbonyl (C=O) groups is 2. The number of methoxy groups -OCH3 is 1. The summed E-state index contributed by atoms with van der Waals surface area (Å²) in [6, 6.07) is 0. The van der Waals surface area contributed by atoms with Gasteiger partial charge in [0.25, 0.3) is 0 Å². The SMILES string of the molecule is C=C(CC(=O)OC)C(=O)OCCCCCCCCCCCCCCCCCCCCCC. The average Bonchev–Trinajstić information content (AvgIpc) is 2.79. The molecular formula is C28H52O4. The molecule has 0 saturated heterocycles. The second kappa shape index (κ2) is 24.3. The summed E-state index contributed by atoms with van der Waals surface area (Å²) in [5, 5.41) is 0. The summed E-state index contributed by atoms with van der Waals surface area (Å²) < 4.78 is 9.65. The Hall–Kier alpha value is -1.32. The molecule has 32 heavy (non-hydrogen) atoms. The molecule has 0 fully saturated rings. The standard InChI is InChI=1S/C28H52O4/c1-4-5-6-7-8-9-10-11-12-13-14-15-16-17-18-19-20-21-22-23-24-32-28(30)26(2)25-27(29)31-3/h2,4-25H2,1,3H3. The third-order valence-electron chi connectivity index (χ3n) is 6.11. The molecule has 0 radical (unpaired) electrons. The highest BCUT2D eigenvalue weighted by Gasteiger charge is 2.12. The third-order valence-corrected chi connectivity index (χ3v) is 6.11. The zero-order valence-electron chi connectivity index (χ0n) is 21.4. The summed E-state index contributed by atoms with van der Waals surface area (Å²) in [6.45, 7) is 6.26. The average molecular weight is 453 g/mol. The van der Waals surface area contributed by atoms with E-state index >= 15 is 0 Å². The topological polar surface area (TPSA) is 52.6 Å². The highest BCUT2D eigenvalue weighted by Crippen LogP contribution is 2.15. The van der Waals surface area contributed by atoms with Crippen molar-refractivity contribution < 1.29 is 19.1 Å². The molecule has 0 aliphatic carbocycles. The Labute approximate surface area is 198 Å². The molecule has 0 spiro atoms. The molecule has 0 rings (SSSR count). The van der Waals surface area contributed by atoms with Gasteiger partial charge in [-0.15, -0.1) is 0 Å². The first kappa shape index (κ1) is 30.7. The Kier molecular flexibility index (Phi) is 23.3. The van der Waals surface area contributed by atoms with Gasteiger partial charge in [0.15, 0.2) is 0 Å². The highest BCUT2D eigenvalue weighted by molar-refractivity contribution is 5.93. The minimum absolute atomic E-state index is 0.103. The van der Waals surface area contributed by atoms with E-state index in [1.807, 2.05) is 0 Å². The quantitative estimate of drug-likeness (QED) is 0.0837. The monoisotopic (exact) mass is 452 g/mol. The molecule has 4 nitrogen and oxygen atoms in total. The van der Waals surface area contributed by atoms with E-state index < -0.39 is 11.9 Å². The van der Waals surface area contributed by atoms with Crippen molar-refractivity contribution in [1.29, 1.82) is 0 Å². The molecule has 0 aromatic heterocycles. The van der Waals surface area contributed by atoms with Crippen LogP contribution in [0.5, 0.6) is 0 Å². The first-order valence-electron chi connectivity index (χ1n) is 13.5. The molecule has 0 atom stereocenters. The van der Waals surface area contributed by atoms with Crippen LogP contribution >= 0.6 is 0 Å². The smallest absolute Gasteiger partial charge is 0.333 e. The second-order valence-corrected chi connectivity index (χ2v) is 9.21. The normalized spacial score (nSPS) is 10.8. The zero-order chi connectivity index (χ0) is 23.7. The highest BCUT2D eigenvalue weighted by atomic mass is 16.5. The minimum atomic E-state index is -0.492. The largest absolute Gasteiger partial charge is 0.469 e. The number of carbonyl (C=O) groups excluding carboxylic acids is 2. The Morgan fingerprint density at radius 1 is 0.594 bits per heavy atom. The molecule has 0 amide bonds. The molecule has 188 valence electrons. The lowest BCUT2D eigenvalue weighted by atomic mass is 10.0. The van der Waals surface area contributed by atoms with Crippen molar-refractivity contribution in [3.8, 4) is 0 Å². The van der Waals surface area contributed by atoms with E-state index in [-0.39, 0.29) is 12.0 Å². The maximum Gasteiger partial charge on any atom is 0.333 e. The Morgan fingerprint density at radius 3 is 1.28 bits per heavy atom. The fraction of sp³-hybridized carbons (Fsp3) is 0.857. The van der Waals surface area contributed by atoms with Gasteiger partial charge in [0.1, 0.15) is 0 Å². The lowest BCUT2D eigenvalue weighted by Gasteiger charge is -2.06. The summed E-state index contributed by atoms with van der Waals surface area (Å²) in [5.74, 6) is -0.959. The summed E-state index contributed by atoms with van der Waals surface area (Å²) in [5.41, 5.74) is 0.157.